The number of fused-ring (bicyclic) bond motifs is 2. The van der Waals surface area contributed by atoms with Gasteiger partial charge >= 0.3 is 0 Å². The number of hydrogen-bond donors (Lipinski definition) is 0. The van der Waals surface area contributed by atoms with E-state index in [9.17, 15) is 9.59 Å². The molecule has 1 aromatic heterocycles. The predicted molar refractivity (Wildman–Crippen MR) is 155 cm³/mol. The molecule has 0 spiro atoms. The molecule has 6 nitrogen and oxygen atoms in total. The van der Waals surface area contributed by atoms with Crippen LogP contribution >= 0.6 is 11.3 Å². The number of benzene rings is 3. The standard InChI is InChI=1S/C32H33N3O3S/c1-22-20-33(16-17-35(22)32(37)26-8-7-23-5-3-4-6-25(23)19-26)30(36)21-34-15-13-29-28(14-18-39-29)31(34)24-9-11-27(38-2)12-10-24/h3-12,14,18-19,22,31H,13,15-17,20-21H2,1-2H3. The van der Waals surface area contributed by atoms with Crippen molar-refractivity contribution in [1.29, 1.82) is 0 Å². The highest BCUT2D eigenvalue weighted by molar-refractivity contribution is 7.10. The number of amides is 2. The summed E-state index contributed by atoms with van der Waals surface area (Å²) in [6.07, 6.45) is 0.956. The zero-order valence-electron chi connectivity index (χ0n) is 22.4. The largest absolute Gasteiger partial charge is 0.497 e. The van der Waals surface area contributed by atoms with Gasteiger partial charge < -0.3 is 14.5 Å². The van der Waals surface area contributed by atoms with Crippen molar-refractivity contribution in [3.63, 3.8) is 0 Å². The summed E-state index contributed by atoms with van der Waals surface area (Å²) in [6.45, 7) is 4.87. The minimum atomic E-state index is -0.0520. The van der Waals surface area contributed by atoms with Crippen molar-refractivity contribution < 1.29 is 14.3 Å². The number of nitrogens with zero attached hydrogens (tertiary/aromatic N) is 3. The van der Waals surface area contributed by atoms with Crippen LogP contribution in [-0.4, -0.2) is 72.4 Å². The number of thiophene rings is 1. The molecule has 2 aliphatic heterocycles. The summed E-state index contributed by atoms with van der Waals surface area (Å²) in [7, 11) is 1.67. The summed E-state index contributed by atoms with van der Waals surface area (Å²) >= 11 is 1.80. The van der Waals surface area contributed by atoms with Gasteiger partial charge in [0.1, 0.15) is 5.75 Å². The van der Waals surface area contributed by atoms with Gasteiger partial charge in [-0.3, -0.25) is 14.5 Å². The lowest BCUT2D eigenvalue weighted by atomic mass is 9.93. The van der Waals surface area contributed by atoms with Crippen molar-refractivity contribution in [2.75, 3.05) is 39.8 Å². The van der Waals surface area contributed by atoms with Crippen LogP contribution in [0.25, 0.3) is 10.8 Å². The molecule has 0 saturated carbocycles. The maximum absolute atomic E-state index is 13.6. The van der Waals surface area contributed by atoms with Crippen molar-refractivity contribution in [3.05, 3.63) is 99.7 Å². The SMILES string of the molecule is COc1ccc(C2c3ccsc3CCN2CC(=O)N2CCN(C(=O)c3ccc4ccccc4c3)C(C)C2)cc1. The number of carbonyl (C=O) groups is 2. The molecule has 0 radical (unpaired) electrons. The van der Waals surface area contributed by atoms with Gasteiger partial charge in [-0.15, -0.1) is 11.3 Å². The topological polar surface area (TPSA) is 53.1 Å². The predicted octanol–water partition coefficient (Wildman–Crippen LogP) is 5.23. The van der Waals surface area contributed by atoms with Crippen LogP contribution in [0.1, 0.15) is 39.3 Å². The first kappa shape index (κ1) is 25.6. The van der Waals surface area contributed by atoms with Crippen molar-refractivity contribution in [2.24, 2.45) is 0 Å². The van der Waals surface area contributed by atoms with Crippen LogP contribution < -0.4 is 4.74 Å². The smallest absolute Gasteiger partial charge is 0.254 e. The molecular formula is C32H33N3O3S. The molecule has 2 atom stereocenters. The Morgan fingerprint density at radius 3 is 2.51 bits per heavy atom. The second kappa shape index (κ2) is 10.8. The quantitative estimate of drug-likeness (QED) is 0.349. The van der Waals surface area contributed by atoms with E-state index in [2.05, 4.69) is 34.5 Å². The van der Waals surface area contributed by atoms with Crippen LogP contribution in [0.5, 0.6) is 5.75 Å². The number of ether oxygens (including phenoxy) is 1. The van der Waals surface area contributed by atoms with E-state index in [4.69, 9.17) is 4.74 Å². The molecule has 0 bridgehead atoms. The van der Waals surface area contributed by atoms with Gasteiger partial charge in [0.15, 0.2) is 0 Å². The molecular weight excluding hydrogens is 506 g/mol. The summed E-state index contributed by atoms with van der Waals surface area (Å²) in [4.78, 5) is 34.5. The molecule has 7 heteroatoms. The van der Waals surface area contributed by atoms with Gasteiger partial charge in [0.05, 0.1) is 19.7 Å². The summed E-state index contributed by atoms with van der Waals surface area (Å²) in [5.41, 5.74) is 3.16. The van der Waals surface area contributed by atoms with E-state index in [1.165, 1.54) is 16.0 Å². The second-order valence-electron chi connectivity index (χ2n) is 10.4. The molecule has 2 aliphatic rings. The Labute approximate surface area is 233 Å². The van der Waals surface area contributed by atoms with E-state index in [-0.39, 0.29) is 23.9 Å². The van der Waals surface area contributed by atoms with Crippen molar-refractivity contribution >= 4 is 33.9 Å². The molecule has 4 aromatic rings. The Hall–Kier alpha value is -3.68. The average molecular weight is 540 g/mol. The number of hydrogen-bond acceptors (Lipinski definition) is 5. The van der Waals surface area contributed by atoms with Crippen LogP contribution in [0.4, 0.5) is 0 Å². The minimum Gasteiger partial charge on any atom is -0.497 e. The fourth-order valence-corrected chi connectivity index (χ4v) is 6.87. The molecule has 200 valence electrons. The molecule has 2 amide bonds. The molecule has 3 heterocycles. The van der Waals surface area contributed by atoms with Crippen LogP contribution in [0.2, 0.25) is 0 Å². The van der Waals surface area contributed by atoms with Gasteiger partial charge in [0, 0.05) is 42.7 Å². The summed E-state index contributed by atoms with van der Waals surface area (Å²) < 4.78 is 5.36. The Morgan fingerprint density at radius 1 is 0.949 bits per heavy atom. The molecule has 6 rings (SSSR count). The van der Waals surface area contributed by atoms with Crippen LogP contribution in [-0.2, 0) is 11.2 Å². The molecule has 1 saturated heterocycles. The van der Waals surface area contributed by atoms with Crippen molar-refractivity contribution in [1.82, 2.24) is 14.7 Å². The van der Waals surface area contributed by atoms with E-state index < -0.39 is 0 Å². The lowest BCUT2D eigenvalue weighted by Crippen LogP contribution is -2.57. The van der Waals surface area contributed by atoms with E-state index in [1.54, 1.807) is 18.4 Å². The second-order valence-corrected chi connectivity index (χ2v) is 11.4. The third kappa shape index (κ3) is 5.04. The highest BCUT2D eigenvalue weighted by Crippen LogP contribution is 2.38. The minimum absolute atomic E-state index is 0.0286. The molecule has 2 unspecified atom stereocenters. The number of methoxy groups -OCH3 is 1. The fraction of sp³-hybridized carbons (Fsp3) is 0.312. The first-order chi connectivity index (χ1) is 19.0. The Balaban J connectivity index is 1.14. The summed E-state index contributed by atoms with van der Waals surface area (Å²) in [6, 6.07) is 24.3. The molecule has 0 aliphatic carbocycles. The number of carbonyl (C=O) groups excluding carboxylic acids is 2. The Morgan fingerprint density at radius 2 is 1.74 bits per heavy atom. The zero-order valence-corrected chi connectivity index (χ0v) is 23.2. The van der Waals surface area contributed by atoms with Crippen LogP contribution in [0.3, 0.4) is 0 Å². The first-order valence-corrected chi connectivity index (χ1v) is 14.4. The summed E-state index contributed by atoms with van der Waals surface area (Å²) in [5, 5.41) is 4.34. The zero-order chi connectivity index (χ0) is 26.9. The van der Waals surface area contributed by atoms with Gasteiger partial charge in [0.2, 0.25) is 5.91 Å². The van der Waals surface area contributed by atoms with Crippen LogP contribution in [0.15, 0.2) is 78.2 Å². The molecule has 1 fully saturated rings. The third-order valence-corrected chi connectivity index (χ3v) is 9.07. The van der Waals surface area contributed by atoms with Gasteiger partial charge in [-0.2, -0.15) is 0 Å². The maximum atomic E-state index is 13.6. The first-order valence-electron chi connectivity index (χ1n) is 13.5. The summed E-state index contributed by atoms with van der Waals surface area (Å²) in [5.74, 6) is 0.977. The van der Waals surface area contributed by atoms with Crippen molar-refractivity contribution in [2.45, 2.75) is 25.4 Å². The average Bonchev–Trinajstić information content (AvgIpc) is 3.45. The lowest BCUT2D eigenvalue weighted by molar-refractivity contribution is -0.135. The van der Waals surface area contributed by atoms with Crippen LogP contribution in [0, 0.1) is 0 Å². The molecule has 39 heavy (non-hydrogen) atoms. The van der Waals surface area contributed by atoms with Gasteiger partial charge in [-0.25, -0.2) is 0 Å². The lowest BCUT2D eigenvalue weighted by Gasteiger charge is -2.42. The van der Waals surface area contributed by atoms with Crippen molar-refractivity contribution in [3.8, 4) is 5.75 Å². The maximum Gasteiger partial charge on any atom is 0.254 e. The Bertz CT molecular complexity index is 1500. The highest BCUT2D eigenvalue weighted by atomic mass is 32.1. The third-order valence-electron chi connectivity index (χ3n) is 8.07. The van der Waals surface area contributed by atoms with E-state index >= 15 is 0 Å². The number of rotatable bonds is 5. The normalized spacial score (nSPS) is 19.6. The van der Waals surface area contributed by atoms with E-state index in [0.717, 1.165) is 29.5 Å². The van der Waals surface area contributed by atoms with Gasteiger partial charge in [0.25, 0.3) is 5.91 Å². The van der Waals surface area contributed by atoms with Gasteiger partial charge in [-0.05, 0) is 71.0 Å². The number of piperazine rings is 1. The van der Waals surface area contributed by atoms with E-state index in [1.807, 2.05) is 65.3 Å². The highest BCUT2D eigenvalue weighted by Gasteiger charge is 2.34. The monoisotopic (exact) mass is 539 g/mol. The molecule has 0 N–H and O–H groups in total. The van der Waals surface area contributed by atoms with Gasteiger partial charge in [-0.1, -0.05) is 42.5 Å². The van der Waals surface area contributed by atoms with E-state index in [0.29, 0.717) is 31.7 Å². The Kier molecular flexibility index (Phi) is 7.11. The molecule has 3 aromatic carbocycles. The fourth-order valence-electron chi connectivity index (χ4n) is 5.96.